The zero-order valence-electron chi connectivity index (χ0n) is 16.2. The van der Waals surface area contributed by atoms with Crippen LogP contribution in [0.2, 0.25) is 0 Å². The van der Waals surface area contributed by atoms with Crippen LogP contribution in [0.25, 0.3) is 0 Å². The number of halogens is 1. The summed E-state index contributed by atoms with van der Waals surface area (Å²) in [6.07, 6.45) is 1.75. The molecule has 2 heterocycles. The molecular weight excluding hydrogens is 409 g/mol. The predicted octanol–water partition coefficient (Wildman–Crippen LogP) is 2.36. The van der Waals surface area contributed by atoms with Crippen molar-refractivity contribution < 1.29 is 22.3 Å². The minimum absolute atomic E-state index is 0.0400. The smallest absolute Gasteiger partial charge is 0.324 e. The number of ether oxygens (including phenoxy) is 1. The third-order valence-electron chi connectivity index (χ3n) is 5.16. The van der Waals surface area contributed by atoms with Gasteiger partial charge in [0.1, 0.15) is 11.9 Å². The molecule has 7 nitrogen and oxygen atoms in total. The quantitative estimate of drug-likeness (QED) is 0.582. The van der Waals surface area contributed by atoms with Gasteiger partial charge in [-0.2, -0.15) is 4.31 Å². The molecule has 156 valence electrons. The van der Waals surface area contributed by atoms with Crippen molar-refractivity contribution in [3.63, 3.8) is 0 Å². The number of hydrogen-bond acceptors (Lipinski definition) is 5. The fraction of sp³-hybridized carbons (Fsp3) is 0.238. The summed E-state index contributed by atoms with van der Waals surface area (Å²) in [4.78, 5) is 16.7. The Morgan fingerprint density at radius 2 is 1.87 bits per heavy atom. The number of imidazole rings is 1. The van der Waals surface area contributed by atoms with Crippen LogP contribution in [0.3, 0.4) is 0 Å². The molecule has 0 fully saturated rings. The number of esters is 1. The number of carbonyl (C=O) groups is 1. The van der Waals surface area contributed by atoms with Gasteiger partial charge in [-0.1, -0.05) is 30.3 Å². The predicted molar refractivity (Wildman–Crippen MR) is 106 cm³/mol. The van der Waals surface area contributed by atoms with E-state index in [1.54, 1.807) is 6.33 Å². The topological polar surface area (TPSA) is 81.5 Å². The Morgan fingerprint density at radius 3 is 2.53 bits per heavy atom. The van der Waals surface area contributed by atoms with E-state index < -0.39 is 27.9 Å². The van der Waals surface area contributed by atoms with Crippen LogP contribution in [0, 0.1) is 5.82 Å². The van der Waals surface area contributed by atoms with E-state index in [9.17, 15) is 17.6 Å². The summed E-state index contributed by atoms with van der Waals surface area (Å²) in [6, 6.07) is 13.2. The van der Waals surface area contributed by atoms with Crippen LogP contribution >= 0.6 is 0 Å². The fourth-order valence-corrected chi connectivity index (χ4v) is 5.13. The molecule has 0 bridgehead atoms. The average molecular weight is 429 g/mol. The Balaban J connectivity index is 1.73. The van der Waals surface area contributed by atoms with E-state index in [1.807, 2.05) is 34.9 Å². The van der Waals surface area contributed by atoms with Crippen molar-refractivity contribution in [2.45, 2.75) is 30.4 Å². The first-order valence-electron chi connectivity index (χ1n) is 9.32. The number of nitrogens with zero attached hydrogens (tertiary/aromatic N) is 3. The van der Waals surface area contributed by atoms with Crippen LogP contribution < -0.4 is 0 Å². The number of rotatable bonds is 5. The van der Waals surface area contributed by atoms with Crippen LogP contribution in [0.15, 0.2) is 65.8 Å². The summed E-state index contributed by atoms with van der Waals surface area (Å²) in [6.45, 7) is 0.484. The number of aromatic nitrogens is 2. The lowest BCUT2D eigenvalue weighted by Gasteiger charge is -2.33. The first-order chi connectivity index (χ1) is 14.4. The Morgan fingerprint density at radius 1 is 1.17 bits per heavy atom. The second kappa shape index (κ2) is 8.00. The standard InChI is InChI=1S/C21H20FN3O4S/c1-29-21(26)19-11-18-20(24(14-23-18)12-15-5-3-2-4-6-15)13-25(19)30(27,28)17-9-7-16(22)8-10-17/h2-10,14,19H,11-13H2,1H3/t19-/m0/s1. The zero-order chi connectivity index (χ0) is 21.3. The third-order valence-corrected chi connectivity index (χ3v) is 7.03. The Labute approximate surface area is 173 Å². The number of methoxy groups -OCH3 is 1. The molecule has 30 heavy (non-hydrogen) atoms. The minimum Gasteiger partial charge on any atom is -0.468 e. The molecule has 0 spiro atoms. The maximum Gasteiger partial charge on any atom is 0.324 e. The van der Waals surface area contributed by atoms with Crippen molar-refractivity contribution in [2.24, 2.45) is 0 Å². The molecule has 9 heteroatoms. The largest absolute Gasteiger partial charge is 0.468 e. The van der Waals surface area contributed by atoms with Crippen molar-refractivity contribution in [1.82, 2.24) is 13.9 Å². The molecule has 1 aliphatic rings. The molecule has 0 aliphatic carbocycles. The Bertz CT molecular complexity index is 1160. The summed E-state index contributed by atoms with van der Waals surface area (Å²) in [5.41, 5.74) is 2.41. The van der Waals surface area contributed by atoms with E-state index in [4.69, 9.17) is 4.74 Å². The SMILES string of the molecule is COC(=O)[C@@H]1Cc2ncn(Cc3ccccc3)c2CN1S(=O)(=O)c1ccc(F)cc1. The molecule has 0 amide bonds. The van der Waals surface area contributed by atoms with E-state index in [0.717, 1.165) is 22.0 Å². The lowest BCUT2D eigenvalue weighted by Crippen LogP contribution is -2.49. The van der Waals surface area contributed by atoms with Crippen LogP contribution in [-0.2, 0) is 39.1 Å². The first-order valence-corrected chi connectivity index (χ1v) is 10.8. The molecule has 0 N–H and O–H groups in total. The molecule has 0 saturated carbocycles. The molecule has 1 aromatic heterocycles. The molecule has 1 atom stereocenters. The molecule has 1 aliphatic heterocycles. The van der Waals surface area contributed by atoms with Crippen molar-refractivity contribution in [3.8, 4) is 0 Å². The van der Waals surface area contributed by atoms with Crippen molar-refractivity contribution in [3.05, 3.63) is 83.7 Å². The lowest BCUT2D eigenvalue weighted by molar-refractivity contribution is -0.145. The molecule has 4 rings (SSSR count). The Kier molecular flexibility index (Phi) is 5.40. The minimum atomic E-state index is -4.07. The summed E-state index contributed by atoms with van der Waals surface area (Å²) in [5.74, 6) is -1.20. The molecule has 0 unspecified atom stereocenters. The normalized spacial score (nSPS) is 16.8. The van der Waals surface area contributed by atoms with Gasteiger partial charge in [0.25, 0.3) is 0 Å². The second-order valence-electron chi connectivity index (χ2n) is 7.00. The highest BCUT2D eigenvalue weighted by Gasteiger charge is 2.42. The van der Waals surface area contributed by atoms with E-state index >= 15 is 0 Å². The molecule has 0 radical (unpaired) electrons. The maximum atomic E-state index is 13.3. The average Bonchev–Trinajstić information content (AvgIpc) is 3.15. The number of sulfonamides is 1. The van der Waals surface area contributed by atoms with Crippen LogP contribution in [0.4, 0.5) is 4.39 Å². The van der Waals surface area contributed by atoms with Gasteiger partial charge in [-0.3, -0.25) is 4.79 Å². The Hall–Kier alpha value is -3.04. The van der Waals surface area contributed by atoms with Crippen molar-refractivity contribution >= 4 is 16.0 Å². The highest BCUT2D eigenvalue weighted by molar-refractivity contribution is 7.89. The van der Waals surface area contributed by atoms with Crippen molar-refractivity contribution in [2.75, 3.05) is 7.11 Å². The number of carbonyl (C=O) groups excluding carboxylic acids is 1. The monoisotopic (exact) mass is 429 g/mol. The van der Waals surface area contributed by atoms with E-state index in [1.165, 1.54) is 19.2 Å². The van der Waals surface area contributed by atoms with Gasteiger partial charge in [0.15, 0.2) is 0 Å². The fourth-order valence-electron chi connectivity index (χ4n) is 3.59. The highest BCUT2D eigenvalue weighted by Crippen LogP contribution is 2.29. The van der Waals surface area contributed by atoms with Gasteiger partial charge in [-0.15, -0.1) is 0 Å². The number of fused-ring (bicyclic) bond motifs is 1. The van der Waals surface area contributed by atoms with E-state index in [-0.39, 0.29) is 17.9 Å². The summed E-state index contributed by atoms with van der Waals surface area (Å²) in [7, 11) is -2.85. The van der Waals surface area contributed by atoms with Crippen LogP contribution in [-0.4, -0.2) is 41.4 Å². The number of hydrogen-bond donors (Lipinski definition) is 0. The highest BCUT2D eigenvalue weighted by atomic mass is 32.2. The molecular formula is C21H20FN3O4S. The van der Waals surface area contributed by atoms with E-state index in [0.29, 0.717) is 17.9 Å². The van der Waals surface area contributed by atoms with Gasteiger partial charge in [-0.25, -0.2) is 17.8 Å². The van der Waals surface area contributed by atoms with Gasteiger partial charge in [0.05, 0.1) is 36.3 Å². The molecule has 0 saturated heterocycles. The summed E-state index contributed by atoms with van der Waals surface area (Å²) >= 11 is 0. The zero-order valence-corrected chi connectivity index (χ0v) is 17.0. The van der Waals surface area contributed by atoms with E-state index in [2.05, 4.69) is 4.98 Å². The third kappa shape index (κ3) is 3.73. The van der Waals surface area contributed by atoms with Gasteiger partial charge >= 0.3 is 5.97 Å². The van der Waals surface area contributed by atoms with Gasteiger partial charge in [-0.05, 0) is 29.8 Å². The van der Waals surface area contributed by atoms with Gasteiger partial charge in [0, 0.05) is 13.0 Å². The van der Waals surface area contributed by atoms with Crippen molar-refractivity contribution in [1.29, 1.82) is 0 Å². The van der Waals surface area contributed by atoms with Gasteiger partial charge in [0.2, 0.25) is 10.0 Å². The molecule has 2 aromatic carbocycles. The van der Waals surface area contributed by atoms with Gasteiger partial charge < -0.3 is 9.30 Å². The van der Waals surface area contributed by atoms with Crippen LogP contribution in [0.1, 0.15) is 17.0 Å². The second-order valence-corrected chi connectivity index (χ2v) is 8.89. The number of benzene rings is 2. The molecule has 3 aromatic rings. The lowest BCUT2D eigenvalue weighted by atomic mass is 10.1. The maximum absolute atomic E-state index is 13.3. The van der Waals surface area contributed by atoms with Crippen LogP contribution in [0.5, 0.6) is 0 Å². The first kappa shape index (κ1) is 20.2. The summed E-state index contributed by atoms with van der Waals surface area (Å²) < 4.78 is 47.7. The summed E-state index contributed by atoms with van der Waals surface area (Å²) in [5, 5.41) is 0.